The van der Waals surface area contributed by atoms with Crippen LogP contribution in [0.1, 0.15) is 12.0 Å². The fraction of sp³-hybridized carbons (Fsp3) is 0.333. The molecule has 2 amide bonds. The molecule has 2 aliphatic heterocycles. The zero-order chi connectivity index (χ0) is 22.3. The number of fused-ring (bicyclic) bond motifs is 1. The van der Waals surface area contributed by atoms with Crippen LogP contribution < -0.4 is 10.2 Å². The van der Waals surface area contributed by atoms with Crippen LogP contribution in [0, 0.1) is 0 Å². The van der Waals surface area contributed by atoms with Crippen LogP contribution in [-0.4, -0.2) is 62.7 Å². The van der Waals surface area contributed by atoms with Crippen molar-refractivity contribution in [2.45, 2.75) is 11.3 Å². The molecule has 2 heterocycles. The highest BCUT2D eigenvalue weighted by atomic mass is 35.5. The lowest BCUT2D eigenvalue weighted by Crippen LogP contribution is -2.43. The third kappa shape index (κ3) is 5.92. The summed E-state index contributed by atoms with van der Waals surface area (Å²) in [7, 11) is 0. The van der Waals surface area contributed by atoms with Gasteiger partial charge in [-0.15, -0.1) is 0 Å². The molecule has 8 heteroatoms. The Balaban J connectivity index is 1.40. The number of anilines is 1. The fourth-order valence-corrected chi connectivity index (χ4v) is 4.87. The van der Waals surface area contributed by atoms with E-state index in [1.165, 1.54) is 11.8 Å². The molecule has 2 aromatic rings. The van der Waals surface area contributed by atoms with E-state index in [0.29, 0.717) is 16.5 Å². The first-order valence-corrected chi connectivity index (χ1v) is 11.9. The van der Waals surface area contributed by atoms with E-state index in [0.717, 1.165) is 55.4 Å². The van der Waals surface area contributed by atoms with Crippen molar-refractivity contribution < 1.29 is 14.3 Å². The van der Waals surface area contributed by atoms with Gasteiger partial charge in [-0.25, -0.2) is 0 Å². The van der Waals surface area contributed by atoms with Gasteiger partial charge in [0.25, 0.3) is 5.91 Å². The van der Waals surface area contributed by atoms with E-state index in [-0.39, 0.29) is 18.4 Å². The Morgan fingerprint density at radius 1 is 1.12 bits per heavy atom. The van der Waals surface area contributed by atoms with E-state index in [1.807, 2.05) is 42.5 Å². The van der Waals surface area contributed by atoms with Gasteiger partial charge in [0, 0.05) is 29.6 Å². The number of ether oxygens (including phenoxy) is 1. The average molecular weight is 472 g/mol. The number of hydrogen-bond acceptors (Lipinski definition) is 5. The molecule has 1 fully saturated rings. The van der Waals surface area contributed by atoms with Gasteiger partial charge in [-0.05, 0) is 48.9 Å². The number of carbonyl (C=O) groups is 2. The minimum Gasteiger partial charge on any atom is -0.379 e. The van der Waals surface area contributed by atoms with Crippen molar-refractivity contribution in [2.24, 2.45) is 0 Å². The number of carbonyl (C=O) groups excluding carboxylic acids is 2. The first-order chi connectivity index (χ1) is 15.6. The maximum Gasteiger partial charge on any atom is 0.265 e. The highest BCUT2D eigenvalue weighted by Gasteiger charge is 2.30. The molecule has 0 bridgehead atoms. The van der Waals surface area contributed by atoms with Gasteiger partial charge in [-0.3, -0.25) is 19.4 Å². The fourth-order valence-electron chi connectivity index (χ4n) is 3.68. The summed E-state index contributed by atoms with van der Waals surface area (Å²) in [6.45, 7) is 4.92. The van der Waals surface area contributed by atoms with Gasteiger partial charge in [-0.2, -0.15) is 0 Å². The molecule has 6 nitrogen and oxygen atoms in total. The molecule has 2 aliphatic rings. The van der Waals surface area contributed by atoms with Gasteiger partial charge in [0.1, 0.15) is 6.54 Å². The van der Waals surface area contributed by atoms with E-state index in [2.05, 4.69) is 10.2 Å². The van der Waals surface area contributed by atoms with E-state index in [1.54, 1.807) is 17.0 Å². The van der Waals surface area contributed by atoms with Crippen molar-refractivity contribution in [3.05, 3.63) is 64.0 Å². The zero-order valence-corrected chi connectivity index (χ0v) is 19.3. The Morgan fingerprint density at radius 3 is 2.66 bits per heavy atom. The summed E-state index contributed by atoms with van der Waals surface area (Å²) in [4.78, 5) is 31.3. The minimum absolute atomic E-state index is 0.00802. The van der Waals surface area contributed by atoms with Crippen molar-refractivity contribution in [3.8, 4) is 0 Å². The molecule has 0 spiro atoms. The second-order valence-electron chi connectivity index (χ2n) is 7.68. The van der Waals surface area contributed by atoms with Crippen molar-refractivity contribution in [1.29, 1.82) is 0 Å². The van der Waals surface area contributed by atoms with E-state index >= 15 is 0 Å². The highest BCUT2D eigenvalue weighted by molar-refractivity contribution is 8.04. The maximum absolute atomic E-state index is 13.2. The monoisotopic (exact) mass is 471 g/mol. The Hall–Kier alpha value is -2.32. The van der Waals surface area contributed by atoms with Crippen molar-refractivity contribution in [1.82, 2.24) is 10.2 Å². The summed E-state index contributed by atoms with van der Waals surface area (Å²) in [5.74, 6) is -0.333. The van der Waals surface area contributed by atoms with E-state index in [9.17, 15) is 9.59 Å². The lowest BCUT2D eigenvalue weighted by atomic mass is 10.2. The summed E-state index contributed by atoms with van der Waals surface area (Å²) in [5, 5.41) is 3.61. The summed E-state index contributed by atoms with van der Waals surface area (Å²) in [5.41, 5.74) is 1.65. The largest absolute Gasteiger partial charge is 0.379 e. The molecule has 0 aromatic heterocycles. The van der Waals surface area contributed by atoms with Gasteiger partial charge in [0.2, 0.25) is 5.91 Å². The van der Waals surface area contributed by atoms with Crippen LogP contribution in [0.3, 0.4) is 0 Å². The number of para-hydroxylation sites is 1. The quantitative estimate of drug-likeness (QED) is 0.493. The number of amides is 2. The van der Waals surface area contributed by atoms with E-state index < -0.39 is 0 Å². The Morgan fingerprint density at radius 2 is 1.88 bits per heavy atom. The third-order valence-corrected chi connectivity index (χ3v) is 6.71. The van der Waals surface area contributed by atoms with Gasteiger partial charge in [0.15, 0.2) is 0 Å². The number of hydrogen-bond donors (Lipinski definition) is 1. The Bertz CT molecular complexity index is 990. The molecular formula is C24H26ClN3O3S. The predicted molar refractivity (Wildman–Crippen MR) is 129 cm³/mol. The minimum atomic E-state index is -0.174. The normalized spacial score (nSPS) is 18.0. The molecule has 1 saturated heterocycles. The van der Waals surface area contributed by atoms with E-state index in [4.69, 9.17) is 16.3 Å². The molecule has 0 radical (unpaired) electrons. The number of thioether (sulfide) groups is 1. The smallest absolute Gasteiger partial charge is 0.265 e. The zero-order valence-electron chi connectivity index (χ0n) is 17.8. The number of nitrogens with zero attached hydrogens (tertiary/aromatic N) is 2. The first kappa shape index (κ1) is 22.9. The number of morpholine rings is 1. The standard InChI is InChI=1S/C24H26ClN3O3S/c25-19-8-6-18(7-9-19)16-22-24(30)28(20-4-1-2-5-21(20)32-22)17-23(29)26-10-3-11-27-12-14-31-15-13-27/h1-2,4-9,16H,3,10-15,17H2,(H,26,29)/b22-16-. The van der Waals surface area contributed by atoms with Crippen molar-refractivity contribution >= 4 is 46.9 Å². The molecule has 0 saturated carbocycles. The molecule has 0 aliphatic carbocycles. The number of benzene rings is 2. The molecule has 0 atom stereocenters. The number of rotatable bonds is 7. The van der Waals surface area contributed by atoms with Crippen LogP contribution in [-0.2, 0) is 14.3 Å². The lowest BCUT2D eigenvalue weighted by molar-refractivity contribution is -0.122. The molecule has 1 N–H and O–H groups in total. The lowest BCUT2D eigenvalue weighted by Gasteiger charge is -2.30. The summed E-state index contributed by atoms with van der Waals surface area (Å²) < 4.78 is 5.36. The molecule has 168 valence electrons. The number of nitrogens with one attached hydrogen (secondary N) is 1. The highest BCUT2D eigenvalue weighted by Crippen LogP contribution is 2.41. The van der Waals surface area contributed by atoms with Gasteiger partial charge in [-0.1, -0.05) is 47.6 Å². The first-order valence-electron chi connectivity index (χ1n) is 10.7. The Labute approximate surface area is 197 Å². The SMILES string of the molecule is O=C(CN1C(=O)/C(=C/c2ccc(Cl)cc2)Sc2ccccc21)NCCCN1CCOCC1. The molecule has 32 heavy (non-hydrogen) atoms. The van der Waals surface area contributed by atoms with Crippen molar-refractivity contribution in [3.63, 3.8) is 0 Å². The van der Waals surface area contributed by atoms with Gasteiger partial charge < -0.3 is 10.1 Å². The Kier molecular flexibility index (Phi) is 7.86. The van der Waals surface area contributed by atoms with Crippen LogP contribution in [0.25, 0.3) is 6.08 Å². The average Bonchev–Trinajstić information content (AvgIpc) is 2.81. The van der Waals surface area contributed by atoms with Gasteiger partial charge in [0.05, 0.1) is 23.8 Å². The molecule has 2 aromatic carbocycles. The third-order valence-electron chi connectivity index (χ3n) is 5.38. The second kappa shape index (κ2) is 11.0. The summed E-state index contributed by atoms with van der Waals surface area (Å²) in [6, 6.07) is 15.0. The van der Waals surface area contributed by atoms with Crippen LogP contribution in [0.4, 0.5) is 5.69 Å². The molecular weight excluding hydrogens is 446 g/mol. The topological polar surface area (TPSA) is 61.9 Å². The van der Waals surface area contributed by atoms with Crippen LogP contribution in [0.2, 0.25) is 5.02 Å². The van der Waals surface area contributed by atoms with Crippen LogP contribution >= 0.6 is 23.4 Å². The van der Waals surface area contributed by atoms with Crippen molar-refractivity contribution in [2.75, 3.05) is 50.8 Å². The molecule has 4 rings (SSSR count). The summed E-state index contributed by atoms with van der Waals surface area (Å²) >= 11 is 7.39. The molecule has 0 unspecified atom stereocenters. The van der Waals surface area contributed by atoms with Gasteiger partial charge >= 0.3 is 0 Å². The summed E-state index contributed by atoms with van der Waals surface area (Å²) in [6.07, 6.45) is 2.71. The van der Waals surface area contributed by atoms with Crippen LogP contribution in [0.15, 0.2) is 58.3 Å². The second-order valence-corrected chi connectivity index (χ2v) is 9.20. The maximum atomic E-state index is 13.2. The van der Waals surface area contributed by atoms with Crippen LogP contribution in [0.5, 0.6) is 0 Å². The predicted octanol–water partition coefficient (Wildman–Crippen LogP) is 3.66. The number of halogens is 1.